The third kappa shape index (κ3) is 4.41. The largest absolute Gasteiger partial charge is 0.367 e. The van der Waals surface area contributed by atoms with Crippen LogP contribution in [0.2, 0.25) is 0 Å². The quantitative estimate of drug-likeness (QED) is 0.848. The van der Waals surface area contributed by atoms with Crippen molar-refractivity contribution in [2.45, 2.75) is 45.1 Å². The van der Waals surface area contributed by atoms with Gasteiger partial charge in [0.2, 0.25) is 5.95 Å². The molecule has 5 heteroatoms. The van der Waals surface area contributed by atoms with Crippen molar-refractivity contribution in [3.8, 4) is 0 Å². The minimum absolute atomic E-state index is 0.164. The van der Waals surface area contributed by atoms with Gasteiger partial charge in [-0.1, -0.05) is 31.0 Å². The van der Waals surface area contributed by atoms with Crippen LogP contribution >= 0.6 is 0 Å². The van der Waals surface area contributed by atoms with E-state index >= 15 is 0 Å². The van der Waals surface area contributed by atoms with Crippen LogP contribution in [-0.4, -0.2) is 22.6 Å². The van der Waals surface area contributed by atoms with Gasteiger partial charge in [-0.3, -0.25) is 0 Å². The lowest BCUT2D eigenvalue weighted by molar-refractivity contribution is 0.610. The molecule has 23 heavy (non-hydrogen) atoms. The second kappa shape index (κ2) is 7.40. The number of aromatic nitrogens is 2. The number of hydrogen-bond acceptors (Lipinski definition) is 4. The van der Waals surface area contributed by atoms with Crippen LogP contribution in [0, 0.1) is 12.7 Å². The van der Waals surface area contributed by atoms with Crippen molar-refractivity contribution in [3.63, 3.8) is 0 Å². The molecule has 4 nitrogen and oxygen atoms in total. The number of rotatable bonds is 6. The van der Waals surface area contributed by atoms with Gasteiger partial charge in [-0.25, -0.2) is 9.37 Å². The second-order valence-electron chi connectivity index (χ2n) is 6.11. The summed E-state index contributed by atoms with van der Waals surface area (Å²) in [6.07, 6.45) is 5.60. The zero-order valence-corrected chi connectivity index (χ0v) is 13.5. The summed E-state index contributed by atoms with van der Waals surface area (Å²) in [6, 6.07) is 9.35. The smallest absolute Gasteiger partial charge is 0.224 e. The van der Waals surface area contributed by atoms with Gasteiger partial charge in [0.15, 0.2) is 0 Å². The van der Waals surface area contributed by atoms with Crippen LogP contribution in [0.15, 0.2) is 30.3 Å². The van der Waals surface area contributed by atoms with Crippen molar-refractivity contribution in [1.82, 2.24) is 9.97 Å². The Morgan fingerprint density at radius 3 is 2.74 bits per heavy atom. The molecule has 0 bridgehead atoms. The summed E-state index contributed by atoms with van der Waals surface area (Å²) >= 11 is 0. The first kappa shape index (κ1) is 15.7. The van der Waals surface area contributed by atoms with E-state index in [1.807, 2.05) is 19.1 Å². The standard InChI is InChI=1S/C18H23FN4/c1-13-12-17(22-15-7-3-4-8-15)23-18(21-13)20-11-10-14-6-2-5-9-16(14)19/h2,5-6,9,12,15H,3-4,7-8,10-11H2,1H3,(H2,20,21,22,23). The Morgan fingerprint density at radius 2 is 1.96 bits per heavy atom. The highest BCUT2D eigenvalue weighted by atomic mass is 19.1. The molecule has 0 saturated heterocycles. The fourth-order valence-corrected chi connectivity index (χ4v) is 3.01. The molecule has 1 saturated carbocycles. The van der Waals surface area contributed by atoms with Crippen LogP contribution in [-0.2, 0) is 6.42 Å². The second-order valence-corrected chi connectivity index (χ2v) is 6.11. The van der Waals surface area contributed by atoms with E-state index < -0.39 is 0 Å². The molecule has 122 valence electrons. The van der Waals surface area contributed by atoms with Gasteiger partial charge >= 0.3 is 0 Å². The lowest BCUT2D eigenvalue weighted by Crippen LogP contribution is -2.17. The topological polar surface area (TPSA) is 49.8 Å². The molecule has 1 aliphatic rings. The van der Waals surface area contributed by atoms with E-state index in [0.717, 1.165) is 11.5 Å². The maximum absolute atomic E-state index is 13.6. The van der Waals surface area contributed by atoms with E-state index in [2.05, 4.69) is 20.6 Å². The third-order valence-electron chi connectivity index (χ3n) is 4.20. The van der Waals surface area contributed by atoms with Crippen molar-refractivity contribution in [2.24, 2.45) is 0 Å². The van der Waals surface area contributed by atoms with Crippen LogP contribution in [0.5, 0.6) is 0 Å². The molecule has 0 amide bonds. The van der Waals surface area contributed by atoms with Gasteiger partial charge in [0.05, 0.1) is 0 Å². The maximum atomic E-state index is 13.6. The average molecular weight is 314 g/mol. The summed E-state index contributed by atoms with van der Waals surface area (Å²) in [5, 5.41) is 6.69. The highest BCUT2D eigenvalue weighted by Crippen LogP contribution is 2.22. The first-order valence-corrected chi connectivity index (χ1v) is 8.30. The fraction of sp³-hybridized carbons (Fsp3) is 0.444. The van der Waals surface area contributed by atoms with Crippen LogP contribution in [0.25, 0.3) is 0 Å². The summed E-state index contributed by atoms with van der Waals surface area (Å²) in [5.74, 6) is 1.31. The summed E-state index contributed by atoms with van der Waals surface area (Å²) in [7, 11) is 0. The molecular weight excluding hydrogens is 291 g/mol. The third-order valence-corrected chi connectivity index (χ3v) is 4.20. The molecule has 0 spiro atoms. The molecule has 2 aromatic rings. The Balaban J connectivity index is 1.59. The van der Waals surface area contributed by atoms with Crippen LogP contribution < -0.4 is 10.6 Å². The summed E-state index contributed by atoms with van der Waals surface area (Å²) in [5.41, 5.74) is 1.63. The zero-order valence-electron chi connectivity index (χ0n) is 13.5. The molecule has 2 N–H and O–H groups in total. The molecule has 0 atom stereocenters. The Kier molecular flexibility index (Phi) is 5.05. The Bertz CT molecular complexity index is 653. The van der Waals surface area contributed by atoms with E-state index in [9.17, 15) is 4.39 Å². The molecule has 1 fully saturated rings. The minimum atomic E-state index is -0.164. The summed E-state index contributed by atoms with van der Waals surface area (Å²) in [6.45, 7) is 2.57. The number of hydrogen-bond donors (Lipinski definition) is 2. The average Bonchev–Trinajstić information content (AvgIpc) is 3.01. The normalized spacial score (nSPS) is 14.9. The number of halogens is 1. The van der Waals surface area contributed by atoms with Crippen molar-refractivity contribution in [3.05, 3.63) is 47.4 Å². The summed E-state index contributed by atoms with van der Waals surface area (Å²) < 4.78 is 13.6. The first-order chi connectivity index (χ1) is 11.2. The Labute approximate surface area is 136 Å². The van der Waals surface area contributed by atoms with E-state index in [1.54, 1.807) is 12.1 Å². The molecule has 1 aromatic carbocycles. The SMILES string of the molecule is Cc1cc(NC2CCCC2)nc(NCCc2ccccc2F)n1. The monoisotopic (exact) mass is 314 g/mol. The van der Waals surface area contributed by atoms with E-state index in [4.69, 9.17) is 0 Å². The van der Waals surface area contributed by atoms with E-state index in [-0.39, 0.29) is 5.82 Å². The molecule has 3 rings (SSSR count). The van der Waals surface area contributed by atoms with Crippen LogP contribution in [0.4, 0.5) is 16.2 Å². The van der Waals surface area contributed by atoms with Gasteiger partial charge in [-0.05, 0) is 37.8 Å². The highest BCUT2D eigenvalue weighted by molar-refractivity contribution is 5.43. The lowest BCUT2D eigenvalue weighted by atomic mass is 10.1. The first-order valence-electron chi connectivity index (χ1n) is 8.30. The molecule has 1 heterocycles. The number of benzene rings is 1. The Morgan fingerprint density at radius 1 is 1.17 bits per heavy atom. The Hall–Kier alpha value is -2.17. The van der Waals surface area contributed by atoms with E-state index in [1.165, 1.54) is 31.7 Å². The number of anilines is 2. The summed E-state index contributed by atoms with van der Waals surface area (Å²) in [4.78, 5) is 8.93. The van der Waals surface area contributed by atoms with Crippen molar-refractivity contribution < 1.29 is 4.39 Å². The number of nitrogens with zero attached hydrogens (tertiary/aromatic N) is 2. The van der Waals surface area contributed by atoms with Gasteiger partial charge in [0.25, 0.3) is 0 Å². The zero-order chi connectivity index (χ0) is 16.1. The van der Waals surface area contributed by atoms with Crippen LogP contribution in [0.3, 0.4) is 0 Å². The molecular formula is C18H23FN4. The number of nitrogens with one attached hydrogen (secondary N) is 2. The predicted molar refractivity (Wildman–Crippen MR) is 91.2 cm³/mol. The fourth-order valence-electron chi connectivity index (χ4n) is 3.01. The maximum Gasteiger partial charge on any atom is 0.224 e. The lowest BCUT2D eigenvalue weighted by Gasteiger charge is -2.14. The van der Waals surface area contributed by atoms with Gasteiger partial charge in [0.1, 0.15) is 11.6 Å². The van der Waals surface area contributed by atoms with Crippen LogP contribution in [0.1, 0.15) is 36.9 Å². The molecule has 0 unspecified atom stereocenters. The predicted octanol–water partition coefficient (Wildman–Crippen LogP) is 3.93. The van der Waals surface area contributed by atoms with E-state index in [0.29, 0.717) is 30.5 Å². The van der Waals surface area contributed by atoms with Crippen molar-refractivity contribution in [2.75, 3.05) is 17.2 Å². The minimum Gasteiger partial charge on any atom is -0.367 e. The molecule has 1 aliphatic carbocycles. The highest BCUT2D eigenvalue weighted by Gasteiger charge is 2.15. The molecule has 1 aromatic heterocycles. The van der Waals surface area contributed by atoms with Gasteiger partial charge < -0.3 is 10.6 Å². The van der Waals surface area contributed by atoms with Gasteiger partial charge in [-0.15, -0.1) is 0 Å². The van der Waals surface area contributed by atoms with Crippen molar-refractivity contribution >= 4 is 11.8 Å². The molecule has 0 aliphatic heterocycles. The van der Waals surface area contributed by atoms with Crippen molar-refractivity contribution in [1.29, 1.82) is 0 Å². The number of aryl methyl sites for hydroxylation is 1. The van der Waals surface area contributed by atoms with Gasteiger partial charge in [-0.2, -0.15) is 4.98 Å². The molecule has 0 radical (unpaired) electrons. The van der Waals surface area contributed by atoms with Gasteiger partial charge in [0, 0.05) is 24.3 Å².